The average molecular weight is 394 g/mol. The number of aliphatic hydroxyl groups is 1. The molecule has 6 nitrogen and oxygen atoms in total. The van der Waals surface area contributed by atoms with Gasteiger partial charge < -0.3 is 14.6 Å². The molecule has 1 heterocycles. The molecule has 6 heteroatoms. The number of pyridine rings is 1. The van der Waals surface area contributed by atoms with Crippen molar-refractivity contribution < 1.29 is 24.2 Å². The van der Waals surface area contributed by atoms with Gasteiger partial charge in [0.05, 0.1) is 5.56 Å². The highest BCUT2D eigenvalue weighted by molar-refractivity contribution is 5.88. The molecule has 0 spiro atoms. The highest BCUT2D eigenvalue weighted by Crippen LogP contribution is 2.11. The molecule has 158 valence electrons. The third kappa shape index (κ3) is 11.7. The Morgan fingerprint density at radius 3 is 2.18 bits per heavy atom. The van der Waals surface area contributed by atoms with Gasteiger partial charge in [-0.25, -0.2) is 4.79 Å². The van der Waals surface area contributed by atoms with Gasteiger partial charge in [0.15, 0.2) is 0 Å². The lowest BCUT2D eigenvalue weighted by Gasteiger charge is -2.12. The minimum absolute atomic E-state index is 0.171. The molecule has 1 aromatic heterocycles. The van der Waals surface area contributed by atoms with Crippen molar-refractivity contribution in [3.63, 3.8) is 0 Å². The maximum absolute atomic E-state index is 11.8. The Morgan fingerprint density at radius 1 is 0.964 bits per heavy atom. The second kappa shape index (κ2) is 15.0. The fourth-order valence-corrected chi connectivity index (χ4v) is 2.73. The Kier molecular flexibility index (Phi) is 12.9. The molecule has 28 heavy (non-hydrogen) atoms. The molecular formula is C22H35NO5. The van der Waals surface area contributed by atoms with Crippen molar-refractivity contribution in [1.82, 2.24) is 4.98 Å². The summed E-state index contributed by atoms with van der Waals surface area (Å²) in [5.41, 5.74) is 1.12. The molecule has 1 rings (SSSR count). The quantitative estimate of drug-likeness (QED) is 0.352. The smallest absolute Gasteiger partial charge is 0.339 e. The third-order valence-electron chi connectivity index (χ3n) is 4.48. The fourth-order valence-electron chi connectivity index (χ4n) is 2.73. The Balaban J connectivity index is 2.02. The van der Waals surface area contributed by atoms with Gasteiger partial charge in [-0.15, -0.1) is 0 Å². The van der Waals surface area contributed by atoms with E-state index in [2.05, 4.69) is 11.9 Å². The van der Waals surface area contributed by atoms with Gasteiger partial charge in [-0.05, 0) is 25.5 Å². The summed E-state index contributed by atoms with van der Waals surface area (Å²) in [5.74, 6) is -0.886. The van der Waals surface area contributed by atoms with E-state index in [0.717, 1.165) is 25.0 Å². The largest absolute Gasteiger partial charge is 0.463 e. The van der Waals surface area contributed by atoms with E-state index in [1.165, 1.54) is 44.7 Å². The van der Waals surface area contributed by atoms with Gasteiger partial charge in [0.1, 0.15) is 19.3 Å². The highest BCUT2D eigenvalue weighted by Gasteiger charge is 2.13. The topological polar surface area (TPSA) is 85.7 Å². The molecule has 0 bridgehead atoms. The number of aryl methyl sites for hydroxylation is 1. The van der Waals surface area contributed by atoms with Crippen molar-refractivity contribution in [2.24, 2.45) is 0 Å². The van der Waals surface area contributed by atoms with E-state index in [4.69, 9.17) is 9.47 Å². The molecule has 1 N–H and O–H groups in total. The molecule has 1 atom stereocenters. The summed E-state index contributed by atoms with van der Waals surface area (Å²) < 4.78 is 10.0. The summed E-state index contributed by atoms with van der Waals surface area (Å²) in [6, 6.07) is 3.32. The van der Waals surface area contributed by atoms with E-state index in [0.29, 0.717) is 12.0 Å². The van der Waals surface area contributed by atoms with Gasteiger partial charge >= 0.3 is 11.9 Å². The Morgan fingerprint density at radius 2 is 1.57 bits per heavy atom. The summed E-state index contributed by atoms with van der Waals surface area (Å²) in [7, 11) is 0. The molecule has 0 saturated carbocycles. The van der Waals surface area contributed by atoms with Crippen LogP contribution in [0.3, 0.4) is 0 Å². The Bertz CT molecular complexity index is 559. The number of rotatable bonds is 15. The molecule has 0 amide bonds. The number of esters is 2. The number of carbonyl (C=O) groups is 2. The van der Waals surface area contributed by atoms with Crippen molar-refractivity contribution in [3.05, 3.63) is 29.6 Å². The first kappa shape index (κ1) is 24.1. The molecule has 0 aliphatic rings. The number of nitrogens with zero attached hydrogens (tertiary/aromatic N) is 1. The van der Waals surface area contributed by atoms with Gasteiger partial charge in [0.25, 0.3) is 0 Å². The summed E-state index contributed by atoms with van der Waals surface area (Å²) >= 11 is 0. The summed E-state index contributed by atoms with van der Waals surface area (Å²) in [6.45, 7) is 3.64. The van der Waals surface area contributed by atoms with Crippen LogP contribution in [0, 0.1) is 6.92 Å². The number of aromatic nitrogens is 1. The molecule has 0 aliphatic heterocycles. The van der Waals surface area contributed by atoms with Crippen LogP contribution >= 0.6 is 0 Å². The van der Waals surface area contributed by atoms with Gasteiger partial charge in [0.2, 0.25) is 0 Å². The molecule has 0 aliphatic carbocycles. The van der Waals surface area contributed by atoms with Crippen LogP contribution in [0.2, 0.25) is 0 Å². The van der Waals surface area contributed by atoms with Crippen LogP contribution in [0.4, 0.5) is 0 Å². The minimum Gasteiger partial charge on any atom is -0.463 e. The molecular weight excluding hydrogens is 358 g/mol. The lowest BCUT2D eigenvalue weighted by molar-refractivity contribution is -0.147. The van der Waals surface area contributed by atoms with E-state index in [9.17, 15) is 14.7 Å². The average Bonchev–Trinajstić information content (AvgIpc) is 2.69. The third-order valence-corrected chi connectivity index (χ3v) is 4.48. The van der Waals surface area contributed by atoms with Crippen molar-refractivity contribution in [1.29, 1.82) is 0 Å². The molecule has 0 fully saturated rings. The van der Waals surface area contributed by atoms with E-state index < -0.39 is 12.1 Å². The van der Waals surface area contributed by atoms with Crippen LogP contribution in [-0.2, 0) is 14.3 Å². The SMILES string of the molecule is CCCCCCCCCCCC(=O)OCC(O)COC(=O)c1ccc(C)nc1. The van der Waals surface area contributed by atoms with Crippen molar-refractivity contribution in [2.45, 2.75) is 84.2 Å². The summed E-state index contributed by atoms with van der Waals surface area (Å²) in [4.78, 5) is 27.5. The number of ether oxygens (including phenoxy) is 2. The van der Waals surface area contributed by atoms with Gasteiger partial charge in [-0.1, -0.05) is 58.3 Å². The number of hydrogen-bond acceptors (Lipinski definition) is 6. The van der Waals surface area contributed by atoms with Crippen molar-refractivity contribution in [3.8, 4) is 0 Å². The highest BCUT2D eigenvalue weighted by atomic mass is 16.6. The maximum Gasteiger partial charge on any atom is 0.339 e. The van der Waals surface area contributed by atoms with Crippen molar-refractivity contribution in [2.75, 3.05) is 13.2 Å². The zero-order valence-electron chi connectivity index (χ0n) is 17.3. The van der Waals surface area contributed by atoms with E-state index >= 15 is 0 Å². The van der Waals surface area contributed by atoms with Crippen LogP contribution < -0.4 is 0 Å². The first-order valence-electron chi connectivity index (χ1n) is 10.5. The zero-order valence-corrected chi connectivity index (χ0v) is 17.3. The second-order valence-corrected chi connectivity index (χ2v) is 7.20. The Hall–Kier alpha value is -1.95. The number of unbranched alkanes of at least 4 members (excludes halogenated alkanes) is 8. The molecule has 1 aromatic rings. The van der Waals surface area contributed by atoms with E-state index in [1.54, 1.807) is 12.1 Å². The molecule has 0 aromatic carbocycles. The predicted octanol–water partition coefficient (Wildman–Crippen LogP) is 4.37. The van der Waals surface area contributed by atoms with Gasteiger partial charge in [-0.2, -0.15) is 0 Å². The van der Waals surface area contributed by atoms with Crippen LogP contribution in [-0.4, -0.2) is 41.3 Å². The summed E-state index contributed by atoms with van der Waals surface area (Å²) in [6.07, 6.45) is 11.4. The van der Waals surface area contributed by atoms with Crippen LogP contribution in [0.1, 0.15) is 87.2 Å². The second-order valence-electron chi connectivity index (χ2n) is 7.20. The van der Waals surface area contributed by atoms with Crippen LogP contribution in [0.25, 0.3) is 0 Å². The monoisotopic (exact) mass is 393 g/mol. The van der Waals surface area contributed by atoms with Gasteiger partial charge in [0, 0.05) is 18.3 Å². The first-order chi connectivity index (χ1) is 13.5. The maximum atomic E-state index is 11.8. The predicted molar refractivity (Wildman–Crippen MR) is 108 cm³/mol. The van der Waals surface area contributed by atoms with E-state index in [-0.39, 0.29) is 19.2 Å². The molecule has 0 saturated heterocycles. The number of hydrogen-bond donors (Lipinski definition) is 1. The van der Waals surface area contributed by atoms with Gasteiger partial charge in [-0.3, -0.25) is 9.78 Å². The normalized spacial score (nSPS) is 11.8. The Labute approximate surface area is 168 Å². The summed E-state index contributed by atoms with van der Waals surface area (Å²) in [5, 5.41) is 9.80. The lowest BCUT2D eigenvalue weighted by atomic mass is 10.1. The van der Waals surface area contributed by atoms with E-state index in [1.807, 2.05) is 6.92 Å². The number of carbonyl (C=O) groups excluding carboxylic acids is 2. The molecule has 0 radical (unpaired) electrons. The van der Waals surface area contributed by atoms with Crippen LogP contribution in [0.5, 0.6) is 0 Å². The first-order valence-corrected chi connectivity index (χ1v) is 10.5. The lowest BCUT2D eigenvalue weighted by Crippen LogP contribution is -2.25. The molecule has 1 unspecified atom stereocenters. The van der Waals surface area contributed by atoms with Crippen LogP contribution in [0.15, 0.2) is 18.3 Å². The minimum atomic E-state index is -1.03. The fraction of sp³-hybridized carbons (Fsp3) is 0.682. The standard InChI is InChI=1S/C22H35NO5/c1-3-4-5-6-7-8-9-10-11-12-21(25)27-16-20(24)17-28-22(26)19-14-13-18(2)23-15-19/h13-15,20,24H,3-12,16-17H2,1-2H3. The number of aliphatic hydroxyl groups excluding tert-OH is 1. The zero-order chi connectivity index (χ0) is 20.6. The van der Waals surface area contributed by atoms with Crippen molar-refractivity contribution >= 4 is 11.9 Å².